The second-order valence-electron chi connectivity index (χ2n) is 0.324. The van der Waals surface area contributed by atoms with Crippen molar-refractivity contribution in [1.82, 2.24) is 0 Å². The van der Waals surface area contributed by atoms with Gasteiger partial charge in [0.15, 0.2) is 0 Å². The molecule has 0 bridgehead atoms. The molecule has 0 unspecified atom stereocenters. The van der Waals surface area contributed by atoms with Gasteiger partial charge in [0.05, 0.1) is 0 Å². The molecule has 0 radical (unpaired) electrons. The van der Waals surface area contributed by atoms with Gasteiger partial charge in [0, 0.05) is 0 Å². The standard InChI is InChI=1S/I6/c1-5(2)6(3)4. The van der Waals surface area contributed by atoms with Gasteiger partial charge in [0.2, 0.25) is 0 Å². The Bertz CT molecular complexity index is 21.0. The minimum atomic E-state index is -0.314. The first kappa shape index (κ1) is 10.4. The molecule has 0 atom stereocenters. The second kappa shape index (κ2) is 6.11. The molecule has 0 aliphatic heterocycles. The number of hydrogen-bond acceptors (Lipinski definition) is 0. The SMILES string of the molecule is II(I)I(I)I. The molecule has 0 N–H and O–H groups in total. The Morgan fingerprint density at radius 2 is 0.833 bits per heavy atom. The van der Waals surface area contributed by atoms with Crippen LogP contribution < -0.4 is 0 Å². The van der Waals surface area contributed by atoms with Gasteiger partial charge in [0.25, 0.3) is 0 Å². The number of halogens is 6. The van der Waals surface area contributed by atoms with Gasteiger partial charge < -0.3 is 0 Å². The summed E-state index contributed by atoms with van der Waals surface area (Å²) in [4.78, 5) is 0. The molecular formula is I6. The Morgan fingerprint density at radius 3 is 0.833 bits per heavy atom. The van der Waals surface area contributed by atoms with E-state index in [1.165, 1.54) is 0 Å². The molecule has 0 heterocycles. The molecule has 0 saturated carbocycles. The molecule has 6 heavy (non-hydrogen) atoms. The van der Waals surface area contributed by atoms with Crippen LogP contribution in [0.1, 0.15) is 0 Å². The average Bonchev–Trinajstić information content (AvgIpc) is 1.36. The fourth-order valence-corrected chi connectivity index (χ4v) is 0. The van der Waals surface area contributed by atoms with Crippen molar-refractivity contribution >= 4 is 90.3 Å². The Morgan fingerprint density at radius 1 is 0.667 bits per heavy atom. The molecule has 42 valence electrons. The first-order valence-electron chi connectivity index (χ1n) is 0.714. The zero-order valence-electron chi connectivity index (χ0n) is 2.27. The normalized spacial score (nSPS) is 14.0. The summed E-state index contributed by atoms with van der Waals surface area (Å²) >= 11 is 10.5. The minimum absolute atomic E-state index is 0.314. The van der Waals surface area contributed by atoms with Crippen molar-refractivity contribution in [3.63, 3.8) is 0 Å². The Balaban J connectivity index is 2.99. The number of rotatable bonds is 1. The van der Waals surface area contributed by atoms with E-state index in [0.717, 1.165) is 0 Å². The molecule has 0 aromatic heterocycles. The maximum atomic E-state index is 2.63. The van der Waals surface area contributed by atoms with Gasteiger partial charge in [-0.25, -0.2) is 0 Å². The van der Waals surface area contributed by atoms with Crippen LogP contribution in [0.25, 0.3) is 0 Å². The van der Waals surface area contributed by atoms with Crippen molar-refractivity contribution in [2.75, 3.05) is 0 Å². The Labute approximate surface area is 86.6 Å². The van der Waals surface area contributed by atoms with Crippen molar-refractivity contribution in [2.45, 2.75) is 0 Å². The molecule has 0 fully saturated rings. The van der Waals surface area contributed by atoms with Crippen LogP contribution in [0.2, 0.25) is 0 Å². The predicted molar refractivity (Wildman–Crippen MR) is 84.1 cm³/mol. The molecule has 0 rings (SSSR count). The van der Waals surface area contributed by atoms with E-state index in [9.17, 15) is 0 Å². The van der Waals surface area contributed by atoms with E-state index in [0.29, 0.717) is 0 Å². The van der Waals surface area contributed by atoms with Gasteiger partial charge in [-0.2, -0.15) is 0 Å². The number of hydrogen-bond donors (Lipinski definition) is 0. The van der Waals surface area contributed by atoms with Crippen LogP contribution in [0.4, 0.5) is 0 Å². The molecule has 0 nitrogen and oxygen atoms in total. The van der Waals surface area contributed by atoms with E-state index in [2.05, 4.69) is 74.5 Å². The summed E-state index contributed by atoms with van der Waals surface area (Å²) in [6.07, 6.45) is 0. The van der Waals surface area contributed by atoms with Gasteiger partial charge in [-0.15, -0.1) is 0 Å². The van der Waals surface area contributed by atoms with Crippen LogP contribution in [-0.4, -0.2) is 0 Å². The summed E-state index contributed by atoms with van der Waals surface area (Å²) in [5, 5.41) is 0. The average molecular weight is 761 g/mol. The van der Waals surface area contributed by atoms with E-state index < -0.39 is 0 Å². The Hall–Kier alpha value is 4.38. The second-order valence-corrected chi connectivity index (χ2v) is 97.8. The molecule has 0 saturated heterocycles. The molecule has 0 aromatic rings. The van der Waals surface area contributed by atoms with Crippen molar-refractivity contribution in [3.05, 3.63) is 0 Å². The summed E-state index contributed by atoms with van der Waals surface area (Å²) in [5.74, 6) is 0. The Kier molecular flexibility index (Phi) is 10.6. The summed E-state index contributed by atoms with van der Waals surface area (Å²) in [6, 6.07) is 0. The topological polar surface area (TPSA) is 0 Å². The van der Waals surface area contributed by atoms with Crippen LogP contribution in [-0.2, 0) is 0 Å². The van der Waals surface area contributed by atoms with Crippen molar-refractivity contribution in [3.8, 4) is 0 Å². The van der Waals surface area contributed by atoms with Gasteiger partial charge in [-0.3, -0.25) is 0 Å². The third kappa shape index (κ3) is 6.50. The molecule has 6 heteroatoms. The van der Waals surface area contributed by atoms with Gasteiger partial charge in [-0.05, 0) is 0 Å². The summed E-state index contributed by atoms with van der Waals surface area (Å²) in [7, 11) is -0.628. The monoisotopic (exact) mass is 761 g/mol. The molecule has 0 aliphatic rings. The van der Waals surface area contributed by atoms with Crippen molar-refractivity contribution in [2.24, 2.45) is 0 Å². The first-order valence-corrected chi connectivity index (χ1v) is 32.1. The van der Waals surface area contributed by atoms with Gasteiger partial charge in [0.1, 0.15) is 0 Å². The maximum absolute atomic E-state index is 2.63. The van der Waals surface area contributed by atoms with Gasteiger partial charge in [-0.1, -0.05) is 0 Å². The third-order valence-corrected chi connectivity index (χ3v) is 165. The van der Waals surface area contributed by atoms with Crippen LogP contribution in [0, 0.1) is 0 Å². The molecule has 0 spiro atoms. The van der Waals surface area contributed by atoms with Crippen molar-refractivity contribution < 1.29 is 0 Å². The summed E-state index contributed by atoms with van der Waals surface area (Å²) in [5.41, 5.74) is 0. The zero-order chi connectivity index (χ0) is 5.15. The predicted octanol–water partition coefficient (Wildman–Crippen LogP) is 5.31. The van der Waals surface area contributed by atoms with Crippen LogP contribution in [0.15, 0.2) is 0 Å². The zero-order valence-corrected chi connectivity index (χ0v) is 15.2. The van der Waals surface area contributed by atoms with Crippen LogP contribution in [0.3, 0.4) is 0 Å². The van der Waals surface area contributed by atoms with E-state index >= 15 is 0 Å². The molecule has 0 amide bonds. The summed E-state index contributed by atoms with van der Waals surface area (Å²) in [6.45, 7) is 0. The third-order valence-electron chi connectivity index (χ3n) is 0.0816. The van der Waals surface area contributed by atoms with E-state index in [1.54, 1.807) is 0 Å². The molecule has 0 aliphatic carbocycles. The quantitative estimate of drug-likeness (QED) is 0.318. The van der Waals surface area contributed by atoms with Crippen LogP contribution >= 0.6 is 90.3 Å². The van der Waals surface area contributed by atoms with E-state index in [1.807, 2.05) is 0 Å². The summed E-state index contributed by atoms with van der Waals surface area (Å²) < 4.78 is 0. The molecule has 0 aromatic carbocycles. The fraction of sp³-hybridized carbons (Fsp3) is 0. The van der Waals surface area contributed by atoms with Gasteiger partial charge >= 0.3 is 90.3 Å². The van der Waals surface area contributed by atoms with E-state index in [-0.39, 0.29) is 15.8 Å². The molecular weight excluding hydrogens is 761 g/mol. The van der Waals surface area contributed by atoms with Crippen LogP contribution in [0.5, 0.6) is 0 Å². The fourth-order valence-electron chi connectivity index (χ4n) is 0. The van der Waals surface area contributed by atoms with E-state index in [4.69, 9.17) is 0 Å². The van der Waals surface area contributed by atoms with Crippen molar-refractivity contribution in [1.29, 1.82) is 0 Å². The first-order chi connectivity index (χ1) is 2.64.